The van der Waals surface area contributed by atoms with Crippen molar-refractivity contribution in [3.63, 3.8) is 0 Å². The Bertz CT molecular complexity index is 1730. The first-order valence-electron chi connectivity index (χ1n) is 18.1. The molecule has 12 atom stereocenters. The van der Waals surface area contributed by atoms with Crippen LogP contribution in [-0.4, -0.2) is 147 Å². The largest absolute Gasteiger partial charge is 0.504 e. The highest BCUT2D eigenvalue weighted by Gasteiger charge is 2.52. The number of carbonyl (C=O) groups excluding carboxylic acids is 2. The highest BCUT2D eigenvalue weighted by atomic mass is 16.8. The second-order valence-electron chi connectivity index (χ2n) is 13.6. The normalized spacial score (nSPS) is 35.1. The first kappa shape index (κ1) is 41.5. The Morgan fingerprint density at radius 2 is 1.41 bits per heavy atom. The molecule has 8 N–H and O–H groups in total. The van der Waals surface area contributed by atoms with E-state index in [4.69, 9.17) is 37.9 Å². The number of fused-ring (bicyclic) bond motifs is 9. The topological polar surface area (TPSA) is 270 Å². The van der Waals surface area contributed by atoms with Crippen LogP contribution in [0.25, 0.3) is 0 Å². The molecular formula is C38H46O18. The van der Waals surface area contributed by atoms with Gasteiger partial charge in [-0.15, -0.1) is 0 Å². The molecule has 0 amide bonds. The van der Waals surface area contributed by atoms with E-state index in [1.807, 2.05) is 0 Å². The average Bonchev–Trinajstić information content (AvgIpc) is 3.19. The zero-order chi connectivity index (χ0) is 40.1. The number of hydrogen-bond donors (Lipinski definition) is 8. The van der Waals surface area contributed by atoms with Crippen molar-refractivity contribution in [2.45, 2.75) is 93.9 Å². The average molecular weight is 791 g/mol. The summed E-state index contributed by atoms with van der Waals surface area (Å²) in [4.78, 5) is 26.8. The molecule has 0 radical (unpaired) electrons. The van der Waals surface area contributed by atoms with E-state index in [2.05, 4.69) is 0 Å². The molecule has 2 saturated heterocycles. The van der Waals surface area contributed by atoms with Crippen LogP contribution < -0.4 is 4.74 Å². The summed E-state index contributed by atoms with van der Waals surface area (Å²) in [6.07, 6.45) is -15.6. The number of aliphatic hydroxyl groups is 7. The van der Waals surface area contributed by atoms with Crippen molar-refractivity contribution in [3.8, 4) is 17.2 Å². The highest BCUT2D eigenvalue weighted by molar-refractivity contribution is 5.91. The van der Waals surface area contributed by atoms with Gasteiger partial charge in [0.05, 0.1) is 44.7 Å². The summed E-state index contributed by atoms with van der Waals surface area (Å²) in [6, 6.07) is 11.8. The Balaban J connectivity index is 1.22. The van der Waals surface area contributed by atoms with Gasteiger partial charge in [0.25, 0.3) is 0 Å². The highest BCUT2D eigenvalue weighted by Crippen LogP contribution is 2.38. The molecule has 7 rings (SSSR count). The summed E-state index contributed by atoms with van der Waals surface area (Å²) < 4.78 is 45.5. The fourth-order valence-corrected chi connectivity index (χ4v) is 6.79. The van der Waals surface area contributed by atoms with Crippen molar-refractivity contribution in [2.24, 2.45) is 5.92 Å². The third-order valence-electron chi connectivity index (χ3n) is 9.98. The Hall–Kier alpha value is -4.18. The summed E-state index contributed by atoms with van der Waals surface area (Å²) in [7, 11) is 0. The lowest BCUT2D eigenvalue weighted by Crippen LogP contribution is -2.65. The number of allylic oxidation sites excluding steroid dienone is 1. The number of ether oxygens (including phenoxy) is 8. The standard InChI is InChI=1S/C38H46O18/c1-2-21-22-14-28(42)49-11-10-19-5-8-24(41)25(13-19)52-20-6-3-18(4-7-20)9-12-50-35(48)23(22)17-51-36(21)56-38-33(47)34(30(44)27(16-40)54-38)55-37-32(46)31(45)29(43)26(15-39)53-37/h2-8,13,17,22,26-27,29-34,36-41,43-47H,9-12,14-16H2,1H3/t22-,26-,27+,29-,30-,31+,32-,33+,34+,36+,37-,38-/m1/s1. The quantitative estimate of drug-likeness (QED) is 0.132. The first-order valence-corrected chi connectivity index (χ1v) is 18.1. The van der Waals surface area contributed by atoms with Gasteiger partial charge < -0.3 is 78.7 Å². The van der Waals surface area contributed by atoms with Crippen LogP contribution in [0.5, 0.6) is 17.2 Å². The van der Waals surface area contributed by atoms with Crippen LogP contribution >= 0.6 is 0 Å². The molecule has 56 heavy (non-hydrogen) atoms. The summed E-state index contributed by atoms with van der Waals surface area (Å²) in [5.74, 6) is -1.88. The third-order valence-corrected chi connectivity index (χ3v) is 9.98. The van der Waals surface area contributed by atoms with E-state index in [-0.39, 0.29) is 48.7 Å². The molecule has 2 aromatic rings. The van der Waals surface area contributed by atoms with E-state index in [1.54, 1.807) is 43.3 Å². The summed E-state index contributed by atoms with van der Waals surface area (Å²) in [5, 5.41) is 83.1. The van der Waals surface area contributed by atoms with E-state index < -0.39 is 98.8 Å². The molecule has 0 spiro atoms. The van der Waals surface area contributed by atoms with Gasteiger partial charge in [0, 0.05) is 24.3 Å². The van der Waals surface area contributed by atoms with E-state index in [1.165, 1.54) is 12.1 Å². The number of aromatic hydroxyl groups is 1. The Morgan fingerprint density at radius 1 is 0.768 bits per heavy atom. The van der Waals surface area contributed by atoms with Crippen LogP contribution in [0.15, 0.2) is 65.9 Å². The zero-order valence-corrected chi connectivity index (χ0v) is 30.2. The van der Waals surface area contributed by atoms with E-state index in [0.29, 0.717) is 17.7 Å². The zero-order valence-electron chi connectivity index (χ0n) is 30.2. The molecule has 4 bridgehead atoms. The van der Waals surface area contributed by atoms with Crippen molar-refractivity contribution < 1.29 is 88.3 Å². The minimum absolute atomic E-state index is 0.0302. The monoisotopic (exact) mass is 790 g/mol. The molecule has 0 unspecified atom stereocenters. The maximum Gasteiger partial charge on any atom is 0.337 e. The lowest BCUT2D eigenvalue weighted by Gasteiger charge is -2.46. The number of aliphatic hydroxyl groups excluding tert-OH is 7. The number of phenolic OH excluding ortho intramolecular Hbond substituents is 1. The van der Waals surface area contributed by atoms with Gasteiger partial charge >= 0.3 is 11.9 Å². The lowest BCUT2D eigenvalue weighted by atomic mass is 9.86. The molecule has 0 aromatic heterocycles. The van der Waals surface area contributed by atoms with Crippen LogP contribution in [0.1, 0.15) is 24.5 Å². The van der Waals surface area contributed by atoms with Gasteiger partial charge in [-0.3, -0.25) is 4.79 Å². The lowest BCUT2D eigenvalue weighted by molar-refractivity contribution is -0.369. The van der Waals surface area contributed by atoms with Gasteiger partial charge in [-0.1, -0.05) is 24.3 Å². The molecule has 5 heterocycles. The Kier molecular flexibility index (Phi) is 13.6. The second-order valence-corrected chi connectivity index (χ2v) is 13.6. The van der Waals surface area contributed by atoms with Crippen molar-refractivity contribution in [3.05, 3.63) is 77.1 Å². The summed E-state index contributed by atoms with van der Waals surface area (Å²) >= 11 is 0. The maximum absolute atomic E-state index is 13.5. The fourth-order valence-electron chi connectivity index (χ4n) is 6.79. The minimum Gasteiger partial charge on any atom is -0.504 e. The van der Waals surface area contributed by atoms with Crippen LogP contribution in [0.3, 0.4) is 0 Å². The SMILES string of the molecule is CC=C1[C@H](O[C@H]2O[C@@H](CO)[C@@H](O)[C@H](O[C@H]3O[C@H](CO)[C@@H](O)[C@H](O)[C@H]3O)[C@@H]2O)OC=C2C(=O)OCCc3ccc(cc3)Oc3cc(ccc3O)CCOC(=O)C[C@@H]21. The fraction of sp³-hybridized carbons (Fsp3) is 0.526. The van der Waals surface area contributed by atoms with Crippen molar-refractivity contribution in [2.75, 3.05) is 26.4 Å². The molecule has 306 valence electrons. The minimum atomic E-state index is -1.88. The number of benzene rings is 2. The Labute approximate surface area is 320 Å². The summed E-state index contributed by atoms with van der Waals surface area (Å²) in [6.45, 7) is -0.0548. The molecule has 18 nitrogen and oxygen atoms in total. The molecule has 2 fully saturated rings. The predicted molar refractivity (Wildman–Crippen MR) is 186 cm³/mol. The van der Waals surface area contributed by atoms with Gasteiger partial charge in [-0.05, 0) is 42.3 Å². The van der Waals surface area contributed by atoms with Crippen LogP contribution in [0.2, 0.25) is 0 Å². The van der Waals surface area contributed by atoms with Gasteiger partial charge in [-0.2, -0.15) is 0 Å². The third kappa shape index (κ3) is 9.17. The van der Waals surface area contributed by atoms with Gasteiger partial charge in [-0.25, -0.2) is 4.79 Å². The number of phenols is 1. The van der Waals surface area contributed by atoms with Crippen LogP contribution in [0, 0.1) is 5.92 Å². The molecule has 0 aliphatic carbocycles. The molecule has 0 saturated carbocycles. The Morgan fingerprint density at radius 3 is 2.11 bits per heavy atom. The number of hydrogen-bond acceptors (Lipinski definition) is 18. The smallest absolute Gasteiger partial charge is 0.337 e. The second kappa shape index (κ2) is 18.4. The van der Waals surface area contributed by atoms with E-state index in [0.717, 1.165) is 11.8 Å². The molecule has 5 aliphatic heterocycles. The van der Waals surface area contributed by atoms with Crippen LogP contribution in [-0.2, 0) is 55.6 Å². The van der Waals surface area contributed by atoms with Gasteiger partial charge in [0.15, 0.2) is 24.1 Å². The number of rotatable bonds is 6. The molecular weight excluding hydrogens is 744 g/mol. The molecule has 18 heteroatoms. The van der Waals surface area contributed by atoms with Gasteiger partial charge in [0.1, 0.15) is 54.6 Å². The number of carbonyl (C=O) groups is 2. The van der Waals surface area contributed by atoms with Gasteiger partial charge in [0.2, 0.25) is 6.29 Å². The van der Waals surface area contributed by atoms with E-state index in [9.17, 15) is 50.4 Å². The number of esters is 2. The van der Waals surface area contributed by atoms with Crippen molar-refractivity contribution >= 4 is 11.9 Å². The predicted octanol–water partition coefficient (Wildman–Crippen LogP) is -0.797. The summed E-state index contributed by atoms with van der Waals surface area (Å²) in [5.41, 5.74) is 1.73. The van der Waals surface area contributed by atoms with Crippen molar-refractivity contribution in [1.82, 2.24) is 0 Å². The van der Waals surface area contributed by atoms with E-state index >= 15 is 0 Å². The molecule has 2 aromatic carbocycles. The van der Waals surface area contributed by atoms with Crippen molar-refractivity contribution in [1.29, 1.82) is 0 Å². The maximum atomic E-state index is 13.5. The molecule has 5 aliphatic rings. The first-order chi connectivity index (χ1) is 26.9. The van der Waals surface area contributed by atoms with Crippen LogP contribution in [0.4, 0.5) is 0 Å².